The predicted octanol–water partition coefficient (Wildman–Crippen LogP) is 3.45. The van der Waals surface area contributed by atoms with E-state index in [4.69, 9.17) is 4.74 Å². The van der Waals surface area contributed by atoms with E-state index in [0.29, 0.717) is 30.7 Å². The standard InChI is InChI=1S/C20H21NO3/c1-2-24-20(23)18(15-16-9-5-3-6-10-16)13-14-21-19(22)17-11-7-4-8-12-17/h3-12,15H,2,13-14H2,1H3,(H,21,22)/b18-15+. The average molecular weight is 323 g/mol. The predicted molar refractivity (Wildman–Crippen MR) is 94.4 cm³/mol. The maximum absolute atomic E-state index is 12.1. The molecule has 0 spiro atoms. The molecule has 0 atom stereocenters. The first-order valence-electron chi connectivity index (χ1n) is 7.96. The van der Waals surface area contributed by atoms with Gasteiger partial charge in [0.05, 0.1) is 6.61 Å². The van der Waals surface area contributed by atoms with E-state index < -0.39 is 0 Å². The molecule has 2 aromatic carbocycles. The topological polar surface area (TPSA) is 55.4 Å². The lowest BCUT2D eigenvalue weighted by Gasteiger charge is -2.09. The van der Waals surface area contributed by atoms with Crippen LogP contribution in [0.25, 0.3) is 6.08 Å². The number of ether oxygens (including phenoxy) is 1. The van der Waals surface area contributed by atoms with Crippen LogP contribution < -0.4 is 5.32 Å². The molecule has 0 heterocycles. The summed E-state index contributed by atoms with van der Waals surface area (Å²) in [6, 6.07) is 18.6. The molecule has 0 radical (unpaired) electrons. The van der Waals surface area contributed by atoms with Crippen molar-refractivity contribution in [1.29, 1.82) is 0 Å². The summed E-state index contributed by atoms with van der Waals surface area (Å²) in [5, 5.41) is 2.82. The molecule has 2 aromatic rings. The maximum atomic E-state index is 12.1. The number of hydrogen-bond acceptors (Lipinski definition) is 3. The Bertz CT molecular complexity index is 693. The molecule has 0 saturated heterocycles. The minimum absolute atomic E-state index is 0.154. The Morgan fingerprint density at radius 1 is 1.00 bits per heavy atom. The highest BCUT2D eigenvalue weighted by Gasteiger charge is 2.12. The molecule has 0 aliphatic rings. The molecule has 2 rings (SSSR count). The fourth-order valence-corrected chi connectivity index (χ4v) is 2.21. The van der Waals surface area contributed by atoms with Crippen LogP contribution in [0.3, 0.4) is 0 Å². The van der Waals surface area contributed by atoms with Crippen LogP contribution in [-0.2, 0) is 9.53 Å². The molecule has 0 bridgehead atoms. The molecule has 4 nitrogen and oxygen atoms in total. The monoisotopic (exact) mass is 323 g/mol. The van der Waals surface area contributed by atoms with Crippen LogP contribution in [0.2, 0.25) is 0 Å². The van der Waals surface area contributed by atoms with E-state index in [1.54, 1.807) is 25.1 Å². The van der Waals surface area contributed by atoms with Gasteiger partial charge >= 0.3 is 5.97 Å². The summed E-state index contributed by atoms with van der Waals surface area (Å²) in [7, 11) is 0. The van der Waals surface area contributed by atoms with Crippen LogP contribution in [-0.4, -0.2) is 25.0 Å². The number of hydrogen-bond donors (Lipinski definition) is 1. The molecule has 1 N–H and O–H groups in total. The fraction of sp³-hybridized carbons (Fsp3) is 0.200. The first kappa shape index (κ1) is 17.5. The molecule has 0 aromatic heterocycles. The normalized spacial score (nSPS) is 11.0. The van der Waals surface area contributed by atoms with E-state index in [1.807, 2.05) is 48.5 Å². The van der Waals surface area contributed by atoms with Crippen molar-refractivity contribution in [3.05, 3.63) is 77.4 Å². The molecule has 0 fully saturated rings. The van der Waals surface area contributed by atoms with Gasteiger partial charge in [0, 0.05) is 17.7 Å². The Morgan fingerprint density at radius 2 is 1.62 bits per heavy atom. The van der Waals surface area contributed by atoms with Crippen LogP contribution in [0.4, 0.5) is 0 Å². The Hall–Kier alpha value is -2.88. The second-order valence-corrected chi connectivity index (χ2v) is 5.17. The van der Waals surface area contributed by atoms with Gasteiger partial charge in [0.15, 0.2) is 0 Å². The van der Waals surface area contributed by atoms with Gasteiger partial charge in [-0.25, -0.2) is 4.79 Å². The van der Waals surface area contributed by atoms with Gasteiger partial charge in [0.2, 0.25) is 0 Å². The zero-order valence-electron chi connectivity index (χ0n) is 13.7. The van der Waals surface area contributed by atoms with Crippen LogP contribution >= 0.6 is 0 Å². The smallest absolute Gasteiger partial charge is 0.334 e. The molecular weight excluding hydrogens is 302 g/mol. The summed E-state index contributed by atoms with van der Waals surface area (Å²) in [5.74, 6) is -0.506. The summed E-state index contributed by atoms with van der Waals surface area (Å²) in [4.78, 5) is 24.1. The minimum atomic E-state index is -0.352. The van der Waals surface area contributed by atoms with Crippen molar-refractivity contribution in [2.45, 2.75) is 13.3 Å². The summed E-state index contributed by atoms with van der Waals surface area (Å²) in [5.41, 5.74) is 2.06. The maximum Gasteiger partial charge on any atom is 0.334 e. The summed E-state index contributed by atoms with van der Waals surface area (Å²) in [6.45, 7) is 2.46. The van der Waals surface area contributed by atoms with Crippen LogP contribution in [0.1, 0.15) is 29.3 Å². The Kier molecular flexibility index (Phi) is 6.77. The number of benzene rings is 2. The highest BCUT2D eigenvalue weighted by atomic mass is 16.5. The first-order valence-corrected chi connectivity index (χ1v) is 7.96. The van der Waals surface area contributed by atoms with Crippen LogP contribution in [0, 0.1) is 0 Å². The van der Waals surface area contributed by atoms with E-state index in [1.165, 1.54) is 0 Å². The molecule has 0 aliphatic heterocycles. The second-order valence-electron chi connectivity index (χ2n) is 5.17. The van der Waals surface area contributed by atoms with Gasteiger partial charge in [-0.2, -0.15) is 0 Å². The summed E-state index contributed by atoms with van der Waals surface area (Å²) >= 11 is 0. The summed E-state index contributed by atoms with van der Waals surface area (Å²) < 4.78 is 5.10. The van der Waals surface area contributed by atoms with Crippen molar-refractivity contribution in [1.82, 2.24) is 5.32 Å². The van der Waals surface area contributed by atoms with Crippen molar-refractivity contribution in [2.75, 3.05) is 13.2 Å². The lowest BCUT2D eigenvalue weighted by atomic mass is 10.1. The third kappa shape index (κ3) is 5.39. The molecule has 0 saturated carbocycles. The average Bonchev–Trinajstić information content (AvgIpc) is 2.62. The zero-order valence-corrected chi connectivity index (χ0v) is 13.7. The van der Waals surface area contributed by atoms with Gasteiger partial charge < -0.3 is 10.1 Å². The van der Waals surface area contributed by atoms with Crippen molar-refractivity contribution >= 4 is 18.0 Å². The van der Waals surface area contributed by atoms with E-state index in [2.05, 4.69) is 5.32 Å². The molecule has 4 heteroatoms. The minimum Gasteiger partial charge on any atom is -0.463 e. The van der Waals surface area contributed by atoms with Crippen molar-refractivity contribution in [2.24, 2.45) is 0 Å². The van der Waals surface area contributed by atoms with E-state index in [0.717, 1.165) is 5.56 Å². The van der Waals surface area contributed by atoms with Gasteiger partial charge in [-0.05, 0) is 37.1 Å². The number of carbonyl (C=O) groups excluding carboxylic acids is 2. The largest absolute Gasteiger partial charge is 0.463 e. The molecule has 124 valence electrons. The van der Waals surface area contributed by atoms with Crippen LogP contribution in [0.5, 0.6) is 0 Å². The third-order valence-corrected chi connectivity index (χ3v) is 3.39. The highest BCUT2D eigenvalue weighted by Crippen LogP contribution is 2.11. The van der Waals surface area contributed by atoms with Gasteiger partial charge in [0.1, 0.15) is 0 Å². The van der Waals surface area contributed by atoms with Gasteiger partial charge in [0.25, 0.3) is 5.91 Å². The third-order valence-electron chi connectivity index (χ3n) is 3.39. The molecule has 1 amide bonds. The number of nitrogens with one attached hydrogen (secondary N) is 1. The summed E-state index contributed by atoms with van der Waals surface area (Å²) in [6.07, 6.45) is 2.21. The van der Waals surface area contributed by atoms with Crippen molar-refractivity contribution < 1.29 is 14.3 Å². The number of rotatable bonds is 7. The van der Waals surface area contributed by atoms with Crippen molar-refractivity contribution in [3.63, 3.8) is 0 Å². The Morgan fingerprint density at radius 3 is 2.25 bits per heavy atom. The van der Waals surface area contributed by atoms with E-state index in [-0.39, 0.29) is 11.9 Å². The fourth-order valence-electron chi connectivity index (χ4n) is 2.21. The van der Waals surface area contributed by atoms with Crippen LogP contribution in [0.15, 0.2) is 66.2 Å². The van der Waals surface area contributed by atoms with Crippen molar-refractivity contribution in [3.8, 4) is 0 Å². The highest BCUT2D eigenvalue weighted by molar-refractivity contribution is 5.95. The first-order chi connectivity index (χ1) is 11.7. The molecule has 0 unspecified atom stereocenters. The Balaban J connectivity index is 2.00. The van der Waals surface area contributed by atoms with Gasteiger partial charge in [-0.15, -0.1) is 0 Å². The van der Waals surface area contributed by atoms with Gasteiger partial charge in [-0.1, -0.05) is 48.5 Å². The number of amides is 1. The molecule has 24 heavy (non-hydrogen) atoms. The number of carbonyl (C=O) groups is 2. The second kappa shape index (κ2) is 9.30. The van der Waals surface area contributed by atoms with E-state index in [9.17, 15) is 9.59 Å². The number of esters is 1. The Labute approximate surface area is 142 Å². The van der Waals surface area contributed by atoms with Gasteiger partial charge in [-0.3, -0.25) is 4.79 Å². The SMILES string of the molecule is CCOC(=O)/C(=C/c1ccccc1)CCNC(=O)c1ccccc1. The molecule has 0 aliphatic carbocycles. The lowest BCUT2D eigenvalue weighted by molar-refractivity contribution is -0.138. The zero-order chi connectivity index (χ0) is 17.2. The quantitative estimate of drug-likeness (QED) is 0.627. The molecular formula is C20H21NO3. The lowest BCUT2D eigenvalue weighted by Crippen LogP contribution is -2.25. The van der Waals surface area contributed by atoms with E-state index >= 15 is 0 Å².